The van der Waals surface area contributed by atoms with E-state index in [4.69, 9.17) is 9.47 Å². The molecule has 2 N–H and O–H groups in total. The predicted molar refractivity (Wildman–Crippen MR) is 103 cm³/mol. The highest BCUT2D eigenvalue weighted by atomic mass is 32.2. The van der Waals surface area contributed by atoms with E-state index < -0.39 is 0 Å². The van der Waals surface area contributed by atoms with Crippen LogP contribution in [0.2, 0.25) is 0 Å². The van der Waals surface area contributed by atoms with Gasteiger partial charge in [0.2, 0.25) is 6.79 Å². The van der Waals surface area contributed by atoms with Crippen molar-refractivity contribution in [3.63, 3.8) is 0 Å². The highest BCUT2D eigenvalue weighted by molar-refractivity contribution is 8.00. The van der Waals surface area contributed by atoms with Crippen LogP contribution in [0.5, 0.6) is 11.5 Å². The normalized spacial score (nSPS) is 13.1. The summed E-state index contributed by atoms with van der Waals surface area (Å²) < 4.78 is 11.9. The molecule has 1 aliphatic rings. The van der Waals surface area contributed by atoms with Gasteiger partial charge in [-0.1, -0.05) is 17.8 Å². The third-order valence-electron chi connectivity index (χ3n) is 3.62. The number of nitrogens with zero attached hydrogens (tertiary/aromatic N) is 2. The van der Waals surface area contributed by atoms with Crippen molar-refractivity contribution in [1.29, 1.82) is 0 Å². The summed E-state index contributed by atoms with van der Waals surface area (Å²) in [5.41, 5.74) is 1.21. The van der Waals surface area contributed by atoms with Gasteiger partial charge in [-0.2, -0.15) is 0 Å². The third kappa shape index (κ3) is 5.54. The minimum absolute atomic E-state index is 0.314. The maximum atomic E-state index is 5.41. The van der Waals surface area contributed by atoms with E-state index in [0.717, 1.165) is 53.5 Å². The lowest BCUT2D eigenvalue weighted by Gasteiger charge is -2.11. The first kappa shape index (κ1) is 17.9. The summed E-state index contributed by atoms with van der Waals surface area (Å²) in [6.07, 6.45) is 3.81. The number of hydrogen-bond donors (Lipinski definition) is 2. The number of guanidine groups is 1. The fraction of sp³-hybridized carbons (Fsp3) is 0.412. The summed E-state index contributed by atoms with van der Waals surface area (Å²) in [5, 5.41) is 8.69. The Morgan fingerprint density at radius 2 is 2.16 bits per heavy atom. The fourth-order valence-electron chi connectivity index (χ4n) is 2.36. The second kappa shape index (κ2) is 9.53. The van der Waals surface area contributed by atoms with Crippen LogP contribution in [-0.4, -0.2) is 43.6 Å². The molecule has 25 heavy (non-hydrogen) atoms. The summed E-state index contributed by atoms with van der Waals surface area (Å²) in [5.74, 6) is 3.54. The van der Waals surface area contributed by atoms with Gasteiger partial charge < -0.3 is 20.1 Å². The fourth-order valence-corrected chi connectivity index (χ4v) is 4.01. The maximum absolute atomic E-state index is 5.41. The van der Waals surface area contributed by atoms with E-state index in [2.05, 4.69) is 26.7 Å². The molecular formula is C17H22N4O2S2. The smallest absolute Gasteiger partial charge is 0.231 e. The van der Waals surface area contributed by atoms with Crippen molar-refractivity contribution in [3.8, 4) is 11.5 Å². The number of ether oxygens (including phenoxy) is 2. The van der Waals surface area contributed by atoms with Crippen molar-refractivity contribution in [2.45, 2.75) is 17.2 Å². The topological polar surface area (TPSA) is 67.8 Å². The molecule has 6 nitrogen and oxygen atoms in total. The Hall–Kier alpha value is -1.93. The first-order valence-electron chi connectivity index (χ1n) is 8.20. The van der Waals surface area contributed by atoms with Crippen molar-refractivity contribution in [3.05, 3.63) is 35.3 Å². The van der Waals surface area contributed by atoms with Gasteiger partial charge in [-0.3, -0.25) is 4.99 Å². The number of rotatable bonds is 8. The highest BCUT2D eigenvalue weighted by Gasteiger charge is 2.12. The van der Waals surface area contributed by atoms with Crippen LogP contribution in [0.15, 0.2) is 39.1 Å². The molecule has 1 aliphatic heterocycles. The number of nitrogens with one attached hydrogen (secondary N) is 2. The first-order valence-corrected chi connectivity index (χ1v) is 10.1. The quantitative estimate of drug-likeness (QED) is 0.319. The summed E-state index contributed by atoms with van der Waals surface area (Å²) in [6, 6.07) is 6.07. The van der Waals surface area contributed by atoms with Crippen molar-refractivity contribution in [1.82, 2.24) is 15.6 Å². The second-order valence-corrected chi connectivity index (χ2v) is 7.60. The van der Waals surface area contributed by atoms with E-state index in [9.17, 15) is 0 Å². The molecule has 134 valence electrons. The van der Waals surface area contributed by atoms with E-state index in [1.54, 1.807) is 30.1 Å². The summed E-state index contributed by atoms with van der Waals surface area (Å²) in [6.45, 7) is 2.02. The Labute approximate surface area is 156 Å². The van der Waals surface area contributed by atoms with Gasteiger partial charge in [0, 0.05) is 37.5 Å². The maximum Gasteiger partial charge on any atom is 0.231 e. The molecular weight excluding hydrogens is 356 g/mol. The van der Waals surface area contributed by atoms with Crippen LogP contribution >= 0.6 is 23.1 Å². The lowest BCUT2D eigenvalue weighted by molar-refractivity contribution is 0.174. The van der Waals surface area contributed by atoms with Crippen LogP contribution in [0.1, 0.15) is 12.0 Å². The molecule has 0 radical (unpaired) electrons. The molecule has 8 heteroatoms. The number of hydrogen-bond acceptors (Lipinski definition) is 6. The summed E-state index contributed by atoms with van der Waals surface area (Å²) in [7, 11) is 1.79. The molecule has 2 heterocycles. The largest absolute Gasteiger partial charge is 0.454 e. The van der Waals surface area contributed by atoms with E-state index in [1.807, 2.05) is 23.7 Å². The Morgan fingerprint density at radius 1 is 1.28 bits per heavy atom. The van der Waals surface area contributed by atoms with Crippen molar-refractivity contribution >= 4 is 29.1 Å². The van der Waals surface area contributed by atoms with Crippen LogP contribution in [0.4, 0.5) is 0 Å². The lowest BCUT2D eigenvalue weighted by Crippen LogP contribution is -2.38. The number of fused-ring (bicyclic) bond motifs is 1. The van der Waals surface area contributed by atoms with E-state index in [1.165, 1.54) is 5.56 Å². The average Bonchev–Trinajstić information content (AvgIpc) is 3.31. The Morgan fingerprint density at radius 3 is 3.00 bits per heavy atom. The number of thioether (sulfide) groups is 1. The van der Waals surface area contributed by atoms with E-state index in [0.29, 0.717) is 6.79 Å². The van der Waals surface area contributed by atoms with Crippen LogP contribution in [-0.2, 0) is 6.42 Å². The summed E-state index contributed by atoms with van der Waals surface area (Å²) in [4.78, 5) is 8.52. The SMILES string of the molecule is CN=C(NCCCSc1nccs1)NCCc1ccc2c(c1)OCO2. The van der Waals surface area contributed by atoms with Gasteiger partial charge in [0.15, 0.2) is 17.5 Å². The number of thiazole rings is 1. The Kier molecular flexibility index (Phi) is 6.81. The van der Waals surface area contributed by atoms with Crippen molar-refractivity contribution < 1.29 is 9.47 Å². The molecule has 0 bridgehead atoms. The van der Waals surface area contributed by atoms with Gasteiger partial charge in [-0.05, 0) is 30.5 Å². The zero-order chi connectivity index (χ0) is 17.3. The molecule has 0 amide bonds. The highest BCUT2D eigenvalue weighted by Crippen LogP contribution is 2.32. The molecule has 0 saturated heterocycles. The molecule has 2 aromatic rings. The molecule has 0 saturated carbocycles. The van der Waals surface area contributed by atoms with Gasteiger partial charge >= 0.3 is 0 Å². The van der Waals surface area contributed by atoms with Gasteiger partial charge in [-0.15, -0.1) is 11.3 Å². The van der Waals surface area contributed by atoms with Gasteiger partial charge in [0.05, 0.1) is 0 Å². The monoisotopic (exact) mass is 378 g/mol. The van der Waals surface area contributed by atoms with Crippen LogP contribution in [0, 0.1) is 0 Å². The van der Waals surface area contributed by atoms with E-state index >= 15 is 0 Å². The minimum atomic E-state index is 0.314. The average molecular weight is 379 g/mol. The third-order valence-corrected chi connectivity index (χ3v) is 5.67. The van der Waals surface area contributed by atoms with Crippen molar-refractivity contribution in [2.75, 3.05) is 32.7 Å². The van der Waals surface area contributed by atoms with E-state index in [-0.39, 0.29) is 0 Å². The number of benzene rings is 1. The molecule has 1 aromatic heterocycles. The van der Waals surface area contributed by atoms with Gasteiger partial charge in [0.1, 0.15) is 4.34 Å². The standard InChI is InChI=1S/C17H22N4O2S2/c1-18-16(19-6-2-9-24-17-21-8-10-25-17)20-7-5-13-3-4-14-15(11-13)23-12-22-14/h3-4,8,10-11H,2,5-7,9,12H2,1H3,(H2,18,19,20). The molecule has 1 aromatic carbocycles. The zero-order valence-corrected chi connectivity index (χ0v) is 15.8. The first-order chi connectivity index (χ1) is 12.3. The molecule has 0 spiro atoms. The van der Waals surface area contributed by atoms with Gasteiger partial charge in [-0.25, -0.2) is 4.98 Å². The Bertz CT molecular complexity index is 692. The van der Waals surface area contributed by atoms with Crippen molar-refractivity contribution in [2.24, 2.45) is 4.99 Å². The second-order valence-electron chi connectivity index (χ2n) is 5.36. The summed E-state index contributed by atoms with van der Waals surface area (Å²) >= 11 is 3.48. The molecule has 0 atom stereocenters. The Balaban J connectivity index is 1.31. The van der Waals surface area contributed by atoms with Crippen LogP contribution < -0.4 is 20.1 Å². The predicted octanol–water partition coefficient (Wildman–Crippen LogP) is 2.76. The van der Waals surface area contributed by atoms with Crippen LogP contribution in [0.3, 0.4) is 0 Å². The molecule has 0 unspecified atom stereocenters. The number of aromatic nitrogens is 1. The zero-order valence-electron chi connectivity index (χ0n) is 14.2. The lowest BCUT2D eigenvalue weighted by atomic mass is 10.1. The van der Waals surface area contributed by atoms with Crippen LogP contribution in [0.25, 0.3) is 0 Å². The molecule has 0 aliphatic carbocycles. The minimum Gasteiger partial charge on any atom is -0.454 e. The molecule has 3 rings (SSSR count). The van der Waals surface area contributed by atoms with Gasteiger partial charge in [0.25, 0.3) is 0 Å². The molecule has 0 fully saturated rings. The number of aliphatic imine (C=N–C) groups is 1.